The lowest BCUT2D eigenvalue weighted by Gasteiger charge is -2.30. The van der Waals surface area contributed by atoms with Crippen LogP contribution in [-0.4, -0.2) is 37.5 Å². The molecule has 1 unspecified atom stereocenters. The highest BCUT2D eigenvalue weighted by Gasteiger charge is 2.18. The molecule has 1 aliphatic rings. The van der Waals surface area contributed by atoms with E-state index in [-0.39, 0.29) is 11.9 Å². The van der Waals surface area contributed by atoms with Crippen LogP contribution in [0.4, 0.5) is 5.69 Å². The molecule has 0 spiro atoms. The van der Waals surface area contributed by atoms with Gasteiger partial charge in [-0.2, -0.15) is 0 Å². The van der Waals surface area contributed by atoms with Crippen LogP contribution in [0.1, 0.15) is 47.3 Å². The molecule has 0 saturated carbocycles. The predicted octanol–water partition coefficient (Wildman–Crippen LogP) is 5.39. The molecule has 0 aliphatic carbocycles. The molecule has 1 fully saturated rings. The molecule has 4 nitrogen and oxygen atoms in total. The van der Waals surface area contributed by atoms with Gasteiger partial charge in [0.15, 0.2) is 0 Å². The van der Waals surface area contributed by atoms with E-state index in [1.54, 1.807) is 0 Å². The first-order valence-corrected chi connectivity index (χ1v) is 11.3. The highest BCUT2D eigenvalue weighted by molar-refractivity contribution is 5.97. The molecule has 31 heavy (non-hydrogen) atoms. The molecule has 2 N–H and O–H groups in total. The fourth-order valence-corrected chi connectivity index (χ4v) is 4.66. The summed E-state index contributed by atoms with van der Waals surface area (Å²) in [6.45, 7) is 7.32. The van der Waals surface area contributed by atoms with Gasteiger partial charge in [0, 0.05) is 24.3 Å². The number of hydrogen-bond acceptors (Lipinski definition) is 3. The van der Waals surface area contributed by atoms with Gasteiger partial charge in [-0.1, -0.05) is 48.5 Å². The minimum absolute atomic E-state index is 0.0287. The van der Waals surface area contributed by atoms with Gasteiger partial charge in [-0.05, 0) is 80.2 Å². The Labute approximate surface area is 185 Å². The maximum atomic E-state index is 13.1. The van der Waals surface area contributed by atoms with E-state index in [0.717, 1.165) is 35.5 Å². The van der Waals surface area contributed by atoms with E-state index in [1.807, 2.05) is 31.2 Å². The molecular weight excluding hydrogens is 382 g/mol. The van der Waals surface area contributed by atoms with Crippen LogP contribution in [0, 0.1) is 12.8 Å². The molecular formula is C27H33N3O. The summed E-state index contributed by atoms with van der Waals surface area (Å²) in [5.41, 5.74) is 3.88. The van der Waals surface area contributed by atoms with Crippen LogP contribution in [0.25, 0.3) is 10.8 Å². The van der Waals surface area contributed by atoms with Crippen LogP contribution >= 0.6 is 0 Å². The Morgan fingerprint density at radius 2 is 1.94 bits per heavy atom. The monoisotopic (exact) mass is 415 g/mol. The first-order chi connectivity index (χ1) is 15.0. The number of fused-ring (bicyclic) bond motifs is 1. The topological polar surface area (TPSA) is 44.4 Å². The molecule has 1 aliphatic heterocycles. The average Bonchev–Trinajstić information content (AvgIpc) is 2.78. The summed E-state index contributed by atoms with van der Waals surface area (Å²) < 4.78 is 0. The number of nitrogens with one attached hydrogen (secondary N) is 2. The number of carbonyl (C=O) groups excluding carboxylic acids is 1. The molecule has 2 atom stereocenters. The minimum atomic E-state index is -0.0765. The SMILES string of the molecule is Cc1ccc(NCC2CCCN(C)C2)cc1C(=O)N[C@H](C)c1cccc2ccccc12. The van der Waals surface area contributed by atoms with E-state index in [0.29, 0.717) is 5.92 Å². The summed E-state index contributed by atoms with van der Waals surface area (Å²) >= 11 is 0. The molecule has 1 amide bonds. The Bertz CT molecular complexity index is 1060. The lowest BCUT2D eigenvalue weighted by Crippen LogP contribution is -2.35. The van der Waals surface area contributed by atoms with E-state index >= 15 is 0 Å². The van der Waals surface area contributed by atoms with Crippen LogP contribution < -0.4 is 10.6 Å². The quantitative estimate of drug-likeness (QED) is 0.567. The standard InChI is InChI=1S/C27H33N3O/c1-19-13-14-23(28-17-21-8-7-15-30(3)18-21)16-26(19)27(31)29-20(2)24-12-6-10-22-9-4-5-11-25(22)24/h4-6,9-14,16,20-21,28H,7-8,15,17-18H2,1-3H3,(H,29,31)/t20-,21?/m1/s1. The zero-order valence-electron chi connectivity index (χ0n) is 18.8. The normalized spacial score (nSPS) is 18.0. The molecule has 0 aromatic heterocycles. The Balaban J connectivity index is 1.45. The number of rotatable bonds is 6. The average molecular weight is 416 g/mol. The number of nitrogens with zero attached hydrogens (tertiary/aromatic N) is 1. The van der Waals surface area contributed by atoms with E-state index in [2.05, 4.69) is 65.9 Å². The number of piperidine rings is 1. The number of aryl methyl sites for hydroxylation is 1. The minimum Gasteiger partial charge on any atom is -0.385 e. The van der Waals surface area contributed by atoms with Crippen LogP contribution in [-0.2, 0) is 0 Å². The number of benzene rings is 3. The Morgan fingerprint density at radius 1 is 1.13 bits per heavy atom. The zero-order valence-corrected chi connectivity index (χ0v) is 18.8. The van der Waals surface area contributed by atoms with Gasteiger partial charge in [-0.3, -0.25) is 4.79 Å². The van der Waals surface area contributed by atoms with Gasteiger partial charge in [0.2, 0.25) is 0 Å². The largest absolute Gasteiger partial charge is 0.385 e. The van der Waals surface area contributed by atoms with Gasteiger partial charge in [0.05, 0.1) is 6.04 Å². The lowest BCUT2D eigenvalue weighted by molar-refractivity contribution is 0.0939. The number of anilines is 1. The third-order valence-corrected chi connectivity index (χ3v) is 6.44. The molecule has 1 heterocycles. The van der Waals surface area contributed by atoms with Gasteiger partial charge in [0.25, 0.3) is 5.91 Å². The predicted molar refractivity (Wildman–Crippen MR) is 130 cm³/mol. The molecule has 1 saturated heterocycles. The molecule has 4 heteroatoms. The van der Waals surface area contributed by atoms with E-state index < -0.39 is 0 Å². The van der Waals surface area contributed by atoms with E-state index in [9.17, 15) is 4.79 Å². The van der Waals surface area contributed by atoms with Crippen LogP contribution in [0.15, 0.2) is 60.7 Å². The van der Waals surface area contributed by atoms with Crippen molar-refractivity contribution in [3.05, 3.63) is 77.4 Å². The second-order valence-electron chi connectivity index (χ2n) is 8.94. The van der Waals surface area contributed by atoms with Crippen molar-refractivity contribution in [2.24, 2.45) is 5.92 Å². The Hall–Kier alpha value is -2.85. The first-order valence-electron chi connectivity index (χ1n) is 11.3. The first kappa shape index (κ1) is 21.4. The second-order valence-corrected chi connectivity index (χ2v) is 8.94. The Kier molecular flexibility index (Phi) is 6.57. The van der Waals surface area contributed by atoms with Crippen LogP contribution in [0.5, 0.6) is 0 Å². The van der Waals surface area contributed by atoms with Crippen LogP contribution in [0.3, 0.4) is 0 Å². The van der Waals surface area contributed by atoms with Crippen molar-refractivity contribution < 1.29 is 4.79 Å². The van der Waals surface area contributed by atoms with Crippen molar-refractivity contribution in [3.63, 3.8) is 0 Å². The smallest absolute Gasteiger partial charge is 0.252 e. The van der Waals surface area contributed by atoms with Gasteiger partial charge >= 0.3 is 0 Å². The summed E-state index contributed by atoms with van der Waals surface area (Å²) in [6, 6.07) is 20.6. The maximum absolute atomic E-state index is 13.1. The van der Waals surface area contributed by atoms with Gasteiger partial charge < -0.3 is 15.5 Å². The van der Waals surface area contributed by atoms with Crippen molar-refractivity contribution in [2.75, 3.05) is 32.0 Å². The van der Waals surface area contributed by atoms with Crippen molar-refractivity contribution in [1.82, 2.24) is 10.2 Å². The van der Waals surface area contributed by atoms with E-state index in [1.165, 1.54) is 30.2 Å². The van der Waals surface area contributed by atoms with Crippen molar-refractivity contribution >= 4 is 22.4 Å². The molecule has 3 aromatic carbocycles. The Morgan fingerprint density at radius 3 is 2.77 bits per heavy atom. The van der Waals surface area contributed by atoms with E-state index in [4.69, 9.17) is 0 Å². The van der Waals surface area contributed by atoms with Crippen LogP contribution in [0.2, 0.25) is 0 Å². The van der Waals surface area contributed by atoms with Crippen molar-refractivity contribution in [3.8, 4) is 0 Å². The summed E-state index contributed by atoms with van der Waals surface area (Å²) in [6.07, 6.45) is 2.52. The van der Waals surface area contributed by atoms with Gasteiger partial charge in [-0.25, -0.2) is 0 Å². The number of amides is 1. The lowest BCUT2D eigenvalue weighted by atomic mass is 9.98. The third kappa shape index (κ3) is 5.08. The highest BCUT2D eigenvalue weighted by Crippen LogP contribution is 2.25. The molecule has 4 rings (SSSR count). The fraction of sp³-hybridized carbons (Fsp3) is 0.370. The summed E-state index contributed by atoms with van der Waals surface area (Å²) in [5.74, 6) is 0.627. The van der Waals surface area contributed by atoms with Gasteiger partial charge in [-0.15, -0.1) is 0 Å². The third-order valence-electron chi connectivity index (χ3n) is 6.44. The summed E-state index contributed by atoms with van der Waals surface area (Å²) in [4.78, 5) is 15.5. The maximum Gasteiger partial charge on any atom is 0.252 e. The number of hydrogen-bond donors (Lipinski definition) is 2. The molecule has 0 radical (unpaired) electrons. The molecule has 3 aromatic rings. The highest BCUT2D eigenvalue weighted by atomic mass is 16.1. The zero-order chi connectivity index (χ0) is 21.8. The summed E-state index contributed by atoms with van der Waals surface area (Å²) in [7, 11) is 2.19. The number of carbonyl (C=O) groups is 1. The molecule has 0 bridgehead atoms. The van der Waals surface area contributed by atoms with Gasteiger partial charge in [0.1, 0.15) is 0 Å². The van der Waals surface area contributed by atoms with Crippen molar-refractivity contribution in [1.29, 1.82) is 0 Å². The molecule has 162 valence electrons. The van der Waals surface area contributed by atoms with Crippen molar-refractivity contribution in [2.45, 2.75) is 32.7 Å². The fourth-order valence-electron chi connectivity index (χ4n) is 4.66. The second kappa shape index (κ2) is 9.52. The number of likely N-dealkylation sites (tertiary alicyclic amines) is 1. The summed E-state index contributed by atoms with van der Waals surface area (Å²) in [5, 5.41) is 9.14.